The third kappa shape index (κ3) is 5.04. The van der Waals surface area contributed by atoms with Crippen LogP contribution >= 0.6 is 0 Å². The summed E-state index contributed by atoms with van der Waals surface area (Å²) in [6.45, 7) is -0.641. The zero-order chi connectivity index (χ0) is 34.4. The molecule has 3 atom stereocenters. The van der Waals surface area contributed by atoms with Crippen molar-refractivity contribution < 1.29 is 35.9 Å². The lowest BCUT2D eigenvalue weighted by atomic mass is 10.0. The van der Waals surface area contributed by atoms with Crippen LogP contribution in [0.15, 0.2) is 59.5 Å². The number of nitrogens with one attached hydrogen (secondary N) is 2. The molecule has 250 valence electrons. The Kier molecular flexibility index (Phi) is 6.91. The van der Waals surface area contributed by atoms with Crippen molar-refractivity contribution in [2.75, 3.05) is 0 Å². The highest BCUT2D eigenvalue weighted by atomic mass is 19.3. The summed E-state index contributed by atoms with van der Waals surface area (Å²) in [5.74, 6) is -8.81. The van der Waals surface area contributed by atoms with Crippen LogP contribution in [0.5, 0.6) is 0 Å². The highest BCUT2D eigenvalue weighted by Crippen LogP contribution is 2.68. The van der Waals surface area contributed by atoms with Gasteiger partial charge in [-0.1, -0.05) is 6.07 Å². The van der Waals surface area contributed by atoms with Gasteiger partial charge in [0.25, 0.3) is 23.8 Å². The molecule has 4 heterocycles. The van der Waals surface area contributed by atoms with Gasteiger partial charge in [0.2, 0.25) is 5.91 Å². The van der Waals surface area contributed by atoms with Crippen molar-refractivity contribution in [1.29, 1.82) is 0 Å². The lowest BCUT2D eigenvalue weighted by Crippen LogP contribution is -2.38. The topological polar surface area (TPSA) is 124 Å². The Morgan fingerprint density at radius 3 is 2.61 bits per heavy atom. The van der Waals surface area contributed by atoms with E-state index in [1.807, 2.05) is 0 Å². The molecule has 3 aromatic heterocycles. The second-order valence-electron chi connectivity index (χ2n) is 12.3. The number of rotatable bonds is 8. The minimum absolute atomic E-state index is 0.0321. The standard InChI is InChI=1S/C33H23F6N7O3/c34-16-6-14(7-17(35)9-16)8-23(42-24(47)13-45-27-25(26(44-45)28(36)37)21-11-22(21)33(27,38)39)30-43-29-19(2-1-5-40-29)32(49)46(30)18-4-3-15-12-41-31(48)20(15)10-18/h1-7,9-10,21-23,28H,8,11-13H2,(H,41,48)(H,42,47)/t21-,22+,23-/m0/s1. The largest absolute Gasteiger partial charge is 0.348 e. The molecule has 16 heteroatoms. The molecule has 0 radical (unpaired) electrons. The molecule has 10 nitrogen and oxygen atoms in total. The Morgan fingerprint density at radius 1 is 1.08 bits per heavy atom. The first-order valence-electron chi connectivity index (χ1n) is 15.2. The lowest BCUT2D eigenvalue weighted by Gasteiger charge is -2.23. The number of halogens is 6. The molecule has 8 rings (SSSR count). The smallest absolute Gasteiger partial charge is 0.293 e. The molecule has 0 saturated heterocycles. The fourth-order valence-electron chi connectivity index (χ4n) is 6.98. The predicted molar refractivity (Wildman–Crippen MR) is 159 cm³/mol. The molecule has 2 amide bonds. The van der Waals surface area contributed by atoms with E-state index in [0.29, 0.717) is 16.3 Å². The van der Waals surface area contributed by atoms with Crippen LogP contribution in [-0.4, -0.2) is 36.1 Å². The number of carbonyl (C=O) groups excluding carboxylic acids is 2. The predicted octanol–water partition coefficient (Wildman–Crippen LogP) is 4.75. The Morgan fingerprint density at radius 2 is 1.86 bits per heavy atom. The molecule has 1 fully saturated rings. The first-order chi connectivity index (χ1) is 23.4. The molecule has 5 aromatic rings. The van der Waals surface area contributed by atoms with E-state index in [1.165, 1.54) is 24.4 Å². The first kappa shape index (κ1) is 30.8. The molecule has 2 N–H and O–H groups in total. The molecular formula is C33H23F6N7O3. The van der Waals surface area contributed by atoms with Gasteiger partial charge < -0.3 is 10.6 Å². The Bertz CT molecular complexity index is 2270. The van der Waals surface area contributed by atoms with Gasteiger partial charge in [-0.25, -0.2) is 27.5 Å². The monoisotopic (exact) mass is 679 g/mol. The van der Waals surface area contributed by atoms with Crippen LogP contribution in [-0.2, 0) is 30.2 Å². The normalized spacial score (nSPS) is 19.0. The number of nitrogens with zero attached hydrogens (tertiary/aromatic N) is 5. The summed E-state index contributed by atoms with van der Waals surface area (Å²) in [4.78, 5) is 49.0. The van der Waals surface area contributed by atoms with Crippen molar-refractivity contribution in [3.05, 3.63) is 116 Å². The van der Waals surface area contributed by atoms with E-state index in [2.05, 4.69) is 25.7 Å². The van der Waals surface area contributed by atoms with Crippen LogP contribution in [0.3, 0.4) is 0 Å². The van der Waals surface area contributed by atoms with E-state index in [0.717, 1.165) is 16.7 Å². The van der Waals surface area contributed by atoms with Gasteiger partial charge in [-0.05, 0) is 59.9 Å². The summed E-state index contributed by atoms with van der Waals surface area (Å²) in [5.41, 5.74) is -1.33. The summed E-state index contributed by atoms with van der Waals surface area (Å²) in [6.07, 6.45) is -2.10. The number of hydrogen-bond donors (Lipinski definition) is 2. The molecule has 49 heavy (non-hydrogen) atoms. The van der Waals surface area contributed by atoms with Crippen molar-refractivity contribution in [3.8, 4) is 5.69 Å². The minimum atomic E-state index is -3.48. The highest BCUT2D eigenvalue weighted by molar-refractivity contribution is 5.98. The molecule has 1 saturated carbocycles. The number of benzene rings is 2. The highest BCUT2D eigenvalue weighted by Gasteiger charge is 2.67. The van der Waals surface area contributed by atoms with Crippen molar-refractivity contribution in [1.82, 2.24) is 34.9 Å². The lowest BCUT2D eigenvalue weighted by molar-refractivity contribution is -0.123. The van der Waals surface area contributed by atoms with Gasteiger partial charge in [0.1, 0.15) is 35.4 Å². The summed E-state index contributed by atoms with van der Waals surface area (Å²) in [5, 5.41) is 9.07. The Labute approximate surface area is 271 Å². The van der Waals surface area contributed by atoms with Crippen molar-refractivity contribution in [2.45, 2.75) is 50.2 Å². The fraction of sp³-hybridized carbons (Fsp3) is 0.273. The number of carbonyl (C=O) groups is 2. The van der Waals surface area contributed by atoms with Gasteiger partial charge in [-0.15, -0.1) is 0 Å². The van der Waals surface area contributed by atoms with Crippen LogP contribution in [0.25, 0.3) is 16.7 Å². The molecular weight excluding hydrogens is 656 g/mol. The van der Waals surface area contributed by atoms with E-state index in [4.69, 9.17) is 0 Å². The van der Waals surface area contributed by atoms with E-state index in [1.54, 1.807) is 12.1 Å². The molecule has 2 aliphatic carbocycles. The Balaban J connectivity index is 1.25. The van der Waals surface area contributed by atoms with Crippen molar-refractivity contribution in [3.63, 3.8) is 0 Å². The fourth-order valence-corrected chi connectivity index (χ4v) is 6.98. The maximum Gasteiger partial charge on any atom is 0.293 e. The second kappa shape index (κ2) is 11.0. The third-order valence-corrected chi connectivity index (χ3v) is 9.17. The van der Waals surface area contributed by atoms with Crippen LogP contribution < -0.4 is 16.2 Å². The van der Waals surface area contributed by atoms with Crippen LogP contribution in [0.2, 0.25) is 0 Å². The van der Waals surface area contributed by atoms with Gasteiger partial charge in [0, 0.05) is 42.3 Å². The minimum Gasteiger partial charge on any atom is -0.348 e. The van der Waals surface area contributed by atoms with E-state index < -0.39 is 71.3 Å². The quantitative estimate of drug-likeness (QED) is 0.229. The van der Waals surface area contributed by atoms with Crippen LogP contribution in [0.1, 0.15) is 69.1 Å². The van der Waals surface area contributed by atoms with E-state index >= 15 is 8.78 Å². The summed E-state index contributed by atoms with van der Waals surface area (Å²) >= 11 is 0. The molecule has 0 spiro atoms. The molecule has 2 aromatic carbocycles. The van der Waals surface area contributed by atoms with Crippen molar-refractivity contribution >= 4 is 22.8 Å². The third-order valence-electron chi connectivity index (χ3n) is 9.17. The maximum absolute atomic E-state index is 15.2. The molecule has 0 unspecified atom stereocenters. The van der Waals surface area contributed by atoms with Gasteiger partial charge in [0.15, 0.2) is 5.65 Å². The maximum atomic E-state index is 15.2. The number of amides is 2. The zero-order valence-electron chi connectivity index (χ0n) is 25.1. The number of hydrogen-bond acceptors (Lipinski definition) is 6. The number of pyridine rings is 1. The Hall–Kier alpha value is -5.54. The summed E-state index contributed by atoms with van der Waals surface area (Å²) < 4.78 is 88.5. The molecule has 0 bridgehead atoms. The molecule has 1 aliphatic heterocycles. The summed E-state index contributed by atoms with van der Waals surface area (Å²) in [6, 6.07) is 8.91. The van der Waals surface area contributed by atoms with Gasteiger partial charge in [-0.3, -0.25) is 23.6 Å². The number of aromatic nitrogens is 5. The van der Waals surface area contributed by atoms with Crippen LogP contribution in [0.4, 0.5) is 26.3 Å². The number of fused-ring (bicyclic) bond motifs is 5. The average Bonchev–Trinajstić information content (AvgIpc) is 3.56. The van der Waals surface area contributed by atoms with Gasteiger partial charge in [0.05, 0.1) is 17.1 Å². The number of alkyl halides is 4. The second-order valence-corrected chi connectivity index (χ2v) is 12.3. The van der Waals surface area contributed by atoms with Gasteiger partial charge >= 0.3 is 0 Å². The molecule has 3 aliphatic rings. The SMILES string of the molecule is O=C(Cn1nc(C(F)F)c2c1C(F)(F)[C@@H]1C[C@H]21)N[C@@H](Cc1cc(F)cc(F)c1)c1nc2ncccc2c(=O)n1-c1ccc2c(c1)C(=O)NC2. The zero-order valence-corrected chi connectivity index (χ0v) is 25.1. The first-order valence-corrected chi connectivity index (χ1v) is 15.2. The van der Waals surface area contributed by atoms with Crippen LogP contribution in [0, 0.1) is 17.6 Å². The average molecular weight is 680 g/mol. The summed E-state index contributed by atoms with van der Waals surface area (Å²) in [7, 11) is 0. The van der Waals surface area contributed by atoms with Crippen molar-refractivity contribution in [2.24, 2.45) is 5.92 Å². The van der Waals surface area contributed by atoms with E-state index in [-0.39, 0.29) is 64.5 Å². The van der Waals surface area contributed by atoms with Gasteiger partial charge in [-0.2, -0.15) is 13.9 Å². The van der Waals surface area contributed by atoms with E-state index in [9.17, 15) is 31.9 Å².